The van der Waals surface area contributed by atoms with Crippen molar-refractivity contribution >= 4 is 5.78 Å². The number of ketones is 1. The average molecular weight is 282 g/mol. The Labute approximate surface area is 126 Å². The molecule has 2 heteroatoms. The summed E-state index contributed by atoms with van der Waals surface area (Å²) in [6.45, 7) is 8.26. The SMILES string of the molecule is CCc1ccc(C(=O)COc2c(C)cc(C)cc2C)cc1. The summed E-state index contributed by atoms with van der Waals surface area (Å²) in [5.41, 5.74) is 5.29. The van der Waals surface area contributed by atoms with Crippen molar-refractivity contribution in [1.82, 2.24) is 0 Å². The molecule has 0 N–H and O–H groups in total. The summed E-state index contributed by atoms with van der Waals surface area (Å²) in [5.74, 6) is 0.830. The predicted octanol–water partition coefficient (Wildman–Crippen LogP) is 4.44. The number of rotatable bonds is 5. The molecule has 0 unspecified atom stereocenters. The van der Waals surface area contributed by atoms with Crippen LogP contribution in [0.15, 0.2) is 36.4 Å². The highest BCUT2D eigenvalue weighted by Crippen LogP contribution is 2.24. The Kier molecular flexibility index (Phi) is 4.79. The number of carbonyl (C=O) groups excluding carboxylic acids is 1. The summed E-state index contributed by atoms with van der Waals surface area (Å²) in [5, 5.41) is 0. The molecule has 0 aliphatic heterocycles. The van der Waals surface area contributed by atoms with Gasteiger partial charge in [0, 0.05) is 5.56 Å². The molecule has 2 aromatic carbocycles. The normalized spacial score (nSPS) is 10.5. The molecule has 2 rings (SSSR count). The van der Waals surface area contributed by atoms with Crippen molar-refractivity contribution in [3.8, 4) is 5.75 Å². The van der Waals surface area contributed by atoms with Crippen LogP contribution in [0, 0.1) is 20.8 Å². The number of ether oxygens (including phenoxy) is 1. The van der Waals surface area contributed by atoms with Gasteiger partial charge in [-0.1, -0.05) is 48.9 Å². The van der Waals surface area contributed by atoms with E-state index in [1.807, 2.05) is 38.1 Å². The minimum atomic E-state index is 0.0111. The van der Waals surface area contributed by atoms with Gasteiger partial charge in [0.05, 0.1) is 0 Å². The molecule has 110 valence electrons. The molecule has 0 bridgehead atoms. The first kappa shape index (κ1) is 15.3. The molecule has 0 radical (unpaired) electrons. The van der Waals surface area contributed by atoms with Crippen LogP contribution in [-0.2, 0) is 6.42 Å². The minimum absolute atomic E-state index is 0.0111. The summed E-state index contributed by atoms with van der Waals surface area (Å²) in [6.07, 6.45) is 0.979. The largest absolute Gasteiger partial charge is 0.485 e. The van der Waals surface area contributed by atoms with Crippen LogP contribution in [0.4, 0.5) is 0 Å². The van der Waals surface area contributed by atoms with Crippen LogP contribution in [0.1, 0.15) is 39.5 Å². The molecular weight excluding hydrogens is 260 g/mol. The maximum absolute atomic E-state index is 12.2. The monoisotopic (exact) mass is 282 g/mol. The van der Waals surface area contributed by atoms with E-state index in [4.69, 9.17) is 4.74 Å². The van der Waals surface area contributed by atoms with Crippen molar-refractivity contribution in [1.29, 1.82) is 0 Å². The van der Waals surface area contributed by atoms with Crippen molar-refractivity contribution in [2.24, 2.45) is 0 Å². The molecule has 0 atom stereocenters. The molecule has 0 amide bonds. The Morgan fingerprint density at radius 3 is 2.10 bits per heavy atom. The highest BCUT2D eigenvalue weighted by Gasteiger charge is 2.10. The van der Waals surface area contributed by atoms with Gasteiger partial charge in [-0.25, -0.2) is 0 Å². The van der Waals surface area contributed by atoms with Crippen LogP contribution in [0.2, 0.25) is 0 Å². The number of hydrogen-bond donors (Lipinski definition) is 0. The third kappa shape index (κ3) is 3.72. The van der Waals surface area contributed by atoms with E-state index < -0.39 is 0 Å². The van der Waals surface area contributed by atoms with Gasteiger partial charge in [0.2, 0.25) is 0 Å². The topological polar surface area (TPSA) is 26.3 Å². The first-order valence-corrected chi connectivity index (χ1v) is 7.34. The summed E-state index contributed by atoms with van der Waals surface area (Å²) >= 11 is 0. The van der Waals surface area contributed by atoms with Crippen LogP contribution >= 0.6 is 0 Å². The van der Waals surface area contributed by atoms with E-state index in [1.165, 1.54) is 11.1 Å². The number of benzene rings is 2. The number of hydrogen-bond acceptors (Lipinski definition) is 2. The van der Waals surface area contributed by atoms with Crippen molar-refractivity contribution in [2.75, 3.05) is 6.61 Å². The summed E-state index contributed by atoms with van der Waals surface area (Å²) in [4.78, 5) is 12.2. The summed E-state index contributed by atoms with van der Waals surface area (Å²) < 4.78 is 5.75. The number of carbonyl (C=O) groups is 1. The lowest BCUT2D eigenvalue weighted by Gasteiger charge is -2.12. The van der Waals surface area contributed by atoms with Crippen LogP contribution in [0.5, 0.6) is 5.75 Å². The lowest BCUT2D eigenvalue weighted by Crippen LogP contribution is -2.12. The van der Waals surface area contributed by atoms with Crippen molar-refractivity contribution in [3.63, 3.8) is 0 Å². The van der Waals surface area contributed by atoms with Gasteiger partial charge in [0.25, 0.3) is 0 Å². The smallest absolute Gasteiger partial charge is 0.200 e. The first-order chi connectivity index (χ1) is 10.0. The fraction of sp³-hybridized carbons (Fsp3) is 0.316. The van der Waals surface area contributed by atoms with Crippen LogP contribution in [-0.4, -0.2) is 12.4 Å². The van der Waals surface area contributed by atoms with Gasteiger partial charge in [-0.05, 0) is 43.9 Å². The zero-order chi connectivity index (χ0) is 15.4. The molecule has 0 aliphatic rings. The molecule has 0 heterocycles. The van der Waals surface area contributed by atoms with E-state index in [1.54, 1.807) is 0 Å². The van der Waals surface area contributed by atoms with Gasteiger partial charge < -0.3 is 4.74 Å². The molecule has 0 saturated carbocycles. The van der Waals surface area contributed by atoms with Crippen LogP contribution < -0.4 is 4.74 Å². The minimum Gasteiger partial charge on any atom is -0.485 e. The van der Waals surface area contributed by atoms with E-state index in [-0.39, 0.29) is 12.4 Å². The Bertz CT molecular complexity index is 616. The zero-order valence-corrected chi connectivity index (χ0v) is 13.2. The average Bonchev–Trinajstić information content (AvgIpc) is 2.46. The van der Waals surface area contributed by atoms with Gasteiger partial charge in [-0.3, -0.25) is 4.79 Å². The molecule has 0 fully saturated rings. The van der Waals surface area contributed by atoms with E-state index in [9.17, 15) is 4.79 Å². The maximum atomic E-state index is 12.2. The van der Waals surface area contributed by atoms with Crippen LogP contribution in [0.3, 0.4) is 0 Å². The van der Waals surface area contributed by atoms with E-state index in [0.29, 0.717) is 5.56 Å². The Morgan fingerprint density at radius 1 is 1.00 bits per heavy atom. The van der Waals surface area contributed by atoms with Crippen molar-refractivity contribution in [3.05, 3.63) is 64.2 Å². The lowest BCUT2D eigenvalue weighted by molar-refractivity contribution is 0.0920. The standard InChI is InChI=1S/C19H22O2/c1-5-16-6-8-17(9-7-16)18(20)12-21-19-14(3)10-13(2)11-15(19)4/h6-11H,5,12H2,1-4H3. The van der Waals surface area contributed by atoms with Gasteiger partial charge in [-0.15, -0.1) is 0 Å². The number of aryl methyl sites for hydroxylation is 4. The molecule has 0 spiro atoms. The van der Waals surface area contributed by atoms with E-state index in [0.717, 1.165) is 23.3 Å². The van der Waals surface area contributed by atoms with Crippen molar-refractivity contribution < 1.29 is 9.53 Å². The molecule has 0 aliphatic carbocycles. The van der Waals surface area contributed by atoms with Crippen molar-refractivity contribution in [2.45, 2.75) is 34.1 Å². The first-order valence-electron chi connectivity index (χ1n) is 7.34. The highest BCUT2D eigenvalue weighted by molar-refractivity contribution is 5.97. The molecule has 0 saturated heterocycles. The maximum Gasteiger partial charge on any atom is 0.200 e. The third-order valence-electron chi connectivity index (χ3n) is 3.64. The van der Waals surface area contributed by atoms with Crippen LogP contribution in [0.25, 0.3) is 0 Å². The zero-order valence-electron chi connectivity index (χ0n) is 13.2. The van der Waals surface area contributed by atoms with Gasteiger partial charge in [0.1, 0.15) is 5.75 Å². The second-order valence-electron chi connectivity index (χ2n) is 5.49. The summed E-state index contributed by atoms with van der Waals surface area (Å²) in [7, 11) is 0. The molecule has 21 heavy (non-hydrogen) atoms. The second-order valence-corrected chi connectivity index (χ2v) is 5.49. The Balaban J connectivity index is 2.07. The molecule has 2 aromatic rings. The predicted molar refractivity (Wildman–Crippen MR) is 86.3 cm³/mol. The quantitative estimate of drug-likeness (QED) is 0.758. The van der Waals surface area contributed by atoms with Gasteiger partial charge >= 0.3 is 0 Å². The fourth-order valence-corrected chi connectivity index (χ4v) is 2.54. The number of Topliss-reactive ketones (excluding diaryl/α,β-unsaturated/α-hetero) is 1. The second kappa shape index (κ2) is 6.57. The van der Waals surface area contributed by atoms with Gasteiger partial charge in [0.15, 0.2) is 12.4 Å². The fourth-order valence-electron chi connectivity index (χ4n) is 2.54. The lowest BCUT2D eigenvalue weighted by atomic mass is 10.1. The molecular formula is C19H22O2. The Hall–Kier alpha value is -2.09. The third-order valence-corrected chi connectivity index (χ3v) is 3.64. The van der Waals surface area contributed by atoms with E-state index >= 15 is 0 Å². The molecule has 0 aromatic heterocycles. The van der Waals surface area contributed by atoms with E-state index in [2.05, 4.69) is 26.0 Å². The highest BCUT2D eigenvalue weighted by atomic mass is 16.5. The van der Waals surface area contributed by atoms with Gasteiger partial charge in [-0.2, -0.15) is 0 Å². The Morgan fingerprint density at radius 2 is 1.57 bits per heavy atom. The summed E-state index contributed by atoms with van der Waals surface area (Å²) in [6, 6.07) is 11.9. The molecule has 2 nitrogen and oxygen atoms in total.